The number of fused-ring (bicyclic) bond motifs is 1. The van der Waals surface area contributed by atoms with Crippen LogP contribution in [0, 0.1) is 0 Å². The minimum Gasteiger partial charge on any atom is -0.338 e. The second-order valence-corrected chi connectivity index (χ2v) is 7.96. The molecular formula is C18H21N3O3S. The van der Waals surface area contributed by atoms with Gasteiger partial charge in [-0.25, -0.2) is 13.2 Å². The predicted octanol–water partition coefficient (Wildman–Crippen LogP) is 2.41. The summed E-state index contributed by atoms with van der Waals surface area (Å²) in [5.74, 6) is -0.0383. The third kappa shape index (κ3) is 4.18. The molecule has 2 aromatic rings. The maximum atomic E-state index is 12.6. The van der Waals surface area contributed by atoms with Crippen LogP contribution in [-0.2, 0) is 28.7 Å². The molecule has 132 valence electrons. The number of amides is 2. The van der Waals surface area contributed by atoms with Crippen LogP contribution < -0.4 is 16.0 Å². The number of benzene rings is 2. The molecule has 2 aromatic carbocycles. The molecule has 6 nitrogen and oxygen atoms in total. The third-order valence-corrected chi connectivity index (χ3v) is 5.77. The summed E-state index contributed by atoms with van der Waals surface area (Å²) in [4.78, 5) is 11.7. The van der Waals surface area contributed by atoms with Crippen molar-refractivity contribution in [2.75, 3.05) is 11.9 Å². The maximum absolute atomic E-state index is 12.6. The van der Waals surface area contributed by atoms with Crippen molar-refractivity contribution in [1.82, 2.24) is 10.6 Å². The lowest BCUT2D eigenvalue weighted by Gasteiger charge is -2.09. The van der Waals surface area contributed by atoms with E-state index in [0.717, 1.165) is 24.2 Å². The van der Waals surface area contributed by atoms with E-state index < -0.39 is 9.84 Å². The number of carbonyl (C=O) groups excluding carboxylic acids is 1. The van der Waals surface area contributed by atoms with Crippen LogP contribution in [0.5, 0.6) is 0 Å². The minimum absolute atomic E-state index is 0.0383. The van der Waals surface area contributed by atoms with Gasteiger partial charge < -0.3 is 16.0 Å². The molecule has 0 fully saturated rings. The first-order chi connectivity index (χ1) is 12.0. The zero-order chi connectivity index (χ0) is 17.9. The highest BCUT2D eigenvalue weighted by Gasteiger charge is 2.17. The number of hydrogen-bond acceptors (Lipinski definition) is 4. The first-order valence-corrected chi connectivity index (χ1v) is 9.82. The first-order valence-electron chi connectivity index (χ1n) is 8.17. The van der Waals surface area contributed by atoms with Gasteiger partial charge in [-0.05, 0) is 47.9 Å². The lowest BCUT2D eigenvalue weighted by molar-refractivity contribution is 0.252. The summed E-state index contributed by atoms with van der Waals surface area (Å²) in [7, 11) is -3.43. The van der Waals surface area contributed by atoms with Crippen LogP contribution in [0.4, 0.5) is 10.5 Å². The summed E-state index contributed by atoms with van der Waals surface area (Å²) in [5, 5.41) is 8.52. The molecule has 25 heavy (non-hydrogen) atoms. The molecule has 0 aromatic heterocycles. The van der Waals surface area contributed by atoms with E-state index in [1.165, 1.54) is 17.7 Å². The van der Waals surface area contributed by atoms with Gasteiger partial charge >= 0.3 is 6.03 Å². The second-order valence-electron chi connectivity index (χ2n) is 5.97. The summed E-state index contributed by atoms with van der Waals surface area (Å²) in [5.41, 5.74) is 3.72. The highest BCUT2D eigenvalue weighted by atomic mass is 32.2. The Morgan fingerprint density at radius 1 is 1.08 bits per heavy atom. The molecule has 3 N–H and O–H groups in total. The topological polar surface area (TPSA) is 87.3 Å². The average molecular weight is 359 g/mol. The van der Waals surface area contributed by atoms with Crippen molar-refractivity contribution in [2.24, 2.45) is 0 Å². The molecule has 7 heteroatoms. The number of urea groups is 1. The standard InChI is InChI=1S/C18H21N3O3S/c1-2-20-18(22)21-16-5-7-17(8-6-16)25(23,24)12-13-3-4-14-10-19-11-15(14)9-13/h3-9,19H,2,10-12H2,1H3,(H2,20,21,22). The molecule has 0 radical (unpaired) electrons. The van der Waals surface area contributed by atoms with Crippen LogP contribution in [0.3, 0.4) is 0 Å². The molecule has 2 amide bonds. The van der Waals surface area contributed by atoms with Crippen molar-refractivity contribution in [3.8, 4) is 0 Å². The molecule has 1 aliphatic rings. The number of carbonyl (C=O) groups is 1. The van der Waals surface area contributed by atoms with Crippen molar-refractivity contribution in [1.29, 1.82) is 0 Å². The van der Waals surface area contributed by atoms with Crippen LogP contribution in [-0.4, -0.2) is 21.0 Å². The summed E-state index contributed by atoms with van der Waals surface area (Å²) in [6.07, 6.45) is 0. The molecule has 1 aliphatic heterocycles. The van der Waals surface area contributed by atoms with Crippen LogP contribution in [0.15, 0.2) is 47.4 Å². The molecule has 0 unspecified atom stereocenters. The average Bonchev–Trinajstić information content (AvgIpc) is 3.03. The van der Waals surface area contributed by atoms with Gasteiger partial charge in [0.2, 0.25) is 0 Å². The highest BCUT2D eigenvalue weighted by Crippen LogP contribution is 2.22. The number of anilines is 1. The zero-order valence-corrected chi connectivity index (χ0v) is 14.8. The third-order valence-electron chi connectivity index (χ3n) is 4.07. The molecule has 0 saturated heterocycles. The lowest BCUT2D eigenvalue weighted by Crippen LogP contribution is -2.28. The molecule has 0 saturated carbocycles. The monoisotopic (exact) mass is 359 g/mol. The Labute approximate surface area is 147 Å². The van der Waals surface area contributed by atoms with Crippen molar-refractivity contribution >= 4 is 21.6 Å². The highest BCUT2D eigenvalue weighted by molar-refractivity contribution is 7.90. The van der Waals surface area contributed by atoms with Crippen LogP contribution in [0.25, 0.3) is 0 Å². The summed E-state index contributed by atoms with van der Waals surface area (Å²) in [6.45, 7) is 3.96. The SMILES string of the molecule is CCNC(=O)Nc1ccc(S(=O)(=O)Cc2ccc3c(c2)CNC3)cc1. The van der Waals surface area contributed by atoms with Gasteiger partial charge in [0.05, 0.1) is 10.6 Å². The number of rotatable bonds is 5. The van der Waals surface area contributed by atoms with Gasteiger partial charge in [0, 0.05) is 25.3 Å². The van der Waals surface area contributed by atoms with E-state index in [-0.39, 0.29) is 16.7 Å². The Bertz CT molecular complexity index is 877. The van der Waals surface area contributed by atoms with Crippen LogP contribution >= 0.6 is 0 Å². The van der Waals surface area contributed by atoms with Gasteiger partial charge in [-0.15, -0.1) is 0 Å². The normalized spacial score (nSPS) is 13.3. The summed E-state index contributed by atoms with van der Waals surface area (Å²) in [6, 6.07) is 11.7. The fourth-order valence-electron chi connectivity index (χ4n) is 2.82. The van der Waals surface area contributed by atoms with Gasteiger partial charge in [0.15, 0.2) is 9.84 Å². The zero-order valence-electron chi connectivity index (χ0n) is 14.0. The Morgan fingerprint density at radius 3 is 2.52 bits per heavy atom. The maximum Gasteiger partial charge on any atom is 0.319 e. The number of hydrogen-bond donors (Lipinski definition) is 3. The predicted molar refractivity (Wildman–Crippen MR) is 97.0 cm³/mol. The molecule has 1 heterocycles. The molecule has 0 spiro atoms. The molecule has 0 aliphatic carbocycles. The Kier molecular flexibility index (Phi) is 5.06. The summed E-state index contributed by atoms with van der Waals surface area (Å²) < 4.78 is 25.2. The number of sulfone groups is 1. The molecule has 0 atom stereocenters. The van der Waals surface area contributed by atoms with Gasteiger partial charge in [0.1, 0.15) is 0 Å². The van der Waals surface area contributed by atoms with E-state index in [4.69, 9.17) is 0 Å². The van der Waals surface area contributed by atoms with E-state index in [1.54, 1.807) is 12.1 Å². The van der Waals surface area contributed by atoms with Gasteiger partial charge in [0.25, 0.3) is 0 Å². The largest absolute Gasteiger partial charge is 0.338 e. The van der Waals surface area contributed by atoms with E-state index in [0.29, 0.717) is 12.2 Å². The van der Waals surface area contributed by atoms with E-state index in [9.17, 15) is 13.2 Å². The van der Waals surface area contributed by atoms with E-state index >= 15 is 0 Å². The van der Waals surface area contributed by atoms with Gasteiger partial charge in [-0.1, -0.05) is 18.2 Å². The Hall–Kier alpha value is -2.38. The van der Waals surface area contributed by atoms with Gasteiger partial charge in [-0.2, -0.15) is 0 Å². The van der Waals surface area contributed by atoms with Crippen molar-refractivity contribution < 1.29 is 13.2 Å². The first kappa shape index (κ1) is 17.4. The van der Waals surface area contributed by atoms with Crippen LogP contribution in [0.1, 0.15) is 23.6 Å². The van der Waals surface area contributed by atoms with Gasteiger partial charge in [-0.3, -0.25) is 0 Å². The Morgan fingerprint density at radius 2 is 1.80 bits per heavy atom. The van der Waals surface area contributed by atoms with Crippen molar-refractivity contribution in [2.45, 2.75) is 30.7 Å². The van der Waals surface area contributed by atoms with Crippen molar-refractivity contribution in [3.63, 3.8) is 0 Å². The summed E-state index contributed by atoms with van der Waals surface area (Å²) >= 11 is 0. The fraction of sp³-hybridized carbons (Fsp3) is 0.278. The van der Waals surface area contributed by atoms with Crippen molar-refractivity contribution in [3.05, 3.63) is 59.2 Å². The molecular weight excluding hydrogens is 338 g/mol. The lowest BCUT2D eigenvalue weighted by atomic mass is 10.1. The molecule has 3 rings (SSSR count). The van der Waals surface area contributed by atoms with Crippen LogP contribution in [0.2, 0.25) is 0 Å². The Balaban J connectivity index is 1.72. The van der Waals surface area contributed by atoms with E-state index in [1.807, 2.05) is 25.1 Å². The second kappa shape index (κ2) is 7.25. The van der Waals surface area contributed by atoms with E-state index in [2.05, 4.69) is 16.0 Å². The fourth-order valence-corrected chi connectivity index (χ4v) is 4.16. The molecule has 0 bridgehead atoms. The minimum atomic E-state index is -3.43. The smallest absolute Gasteiger partial charge is 0.319 e. The quantitative estimate of drug-likeness (QED) is 0.765. The number of nitrogens with one attached hydrogen (secondary N) is 3.